The first-order valence-corrected chi connectivity index (χ1v) is 6.92. The molecule has 0 bridgehead atoms. The molecule has 1 aliphatic rings. The van der Waals surface area contributed by atoms with Gasteiger partial charge in [-0.3, -0.25) is 4.79 Å². The summed E-state index contributed by atoms with van der Waals surface area (Å²) in [5.74, 6) is 0.847. The Morgan fingerprint density at radius 3 is 2.80 bits per heavy atom. The number of carbonyl (C=O) groups is 1. The van der Waals surface area contributed by atoms with Crippen LogP contribution in [0.25, 0.3) is 6.08 Å². The Kier molecular flexibility index (Phi) is 4.79. The van der Waals surface area contributed by atoms with Gasteiger partial charge in [-0.05, 0) is 26.1 Å². The lowest BCUT2D eigenvalue weighted by molar-refractivity contribution is -0.129. The first-order chi connectivity index (χ1) is 9.61. The second kappa shape index (κ2) is 6.57. The van der Waals surface area contributed by atoms with Crippen molar-refractivity contribution < 1.29 is 9.53 Å². The van der Waals surface area contributed by atoms with E-state index >= 15 is 0 Å². The third kappa shape index (κ3) is 3.39. The van der Waals surface area contributed by atoms with E-state index in [-0.39, 0.29) is 11.9 Å². The van der Waals surface area contributed by atoms with Crippen LogP contribution in [0, 0.1) is 0 Å². The number of amides is 1. The highest BCUT2D eigenvalue weighted by Crippen LogP contribution is 2.19. The average molecular weight is 274 g/mol. The van der Waals surface area contributed by atoms with E-state index in [1.165, 1.54) is 0 Å². The van der Waals surface area contributed by atoms with Crippen LogP contribution in [0.4, 0.5) is 0 Å². The first kappa shape index (κ1) is 14.6. The number of rotatable bonds is 3. The van der Waals surface area contributed by atoms with Gasteiger partial charge in [0.2, 0.25) is 5.91 Å². The lowest BCUT2D eigenvalue weighted by atomic mass is 10.1. The van der Waals surface area contributed by atoms with E-state index in [9.17, 15) is 4.79 Å². The Morgan fingerprint density at radius 2 is 2.10 bits per heavy atom. The van der Waals surface area contributed by atoms with Crippen molar-refractivity contribution in [2.45, 2.75) is 13.0 Å². The second-order valence-corrected chi connectivity index (χ2v) is 5.22. The molecule has 108 valence electrons. The number of para-hydroxylation sites is 1. The molecule has 1 fully saturated rings. The van der Waals surface area contributed by atoms with Crippen LogP contribution in [-0.4, -0.2) is 55.5 Å². The van der Waals surface area contributed by atoms with Gasteiger partial charge in [-0.2, -0.15) is 0 Å². The minimum absolute atomic E-state index is 0.0662. The van der Waals surface area contributed by atoms with Crippen LogP contribution in [0.1, 0.15) is 12.5 Å². The quantitative estimate of drug-likeness (QED) is 0.789. The smallest absolute Gasteiger partial charge is 0.246 e. The van der Waals surface area contributed by atoms with Gasteiger partial charge in [0, 0.05) is 37.3 Å². The molecule has 2 rings (SSSR count). The summed E-state index contributed by atoms with van der Waals surface area (Å²) >= 11 is 0. The number of carbonyl (C=O) groups excluding carboxylic acids is 1. The van der Waals surface area contributed by atoms with Crippen molar-refractivity contribution >= 4 is 12.0 Å². The molecule has 1 amide bonds. The maximum atomic E-state index is 12.3. The third-order valence-electron chi connectivity index (χ3n) is 3.66. The molecule has 0 spiro atoms. The molecule has 1 aromatic rings. The van der Waals surface area contributed by atoms with Gasteiger partial charge in [-0.25, -0.2) is 0 Å². The molecule has 1 heterocycles. The van der Waals surface area contributed by atoms with Crippen molar-refractivity contribution in [2.75, 3.05) is 33.8 Å². The summed E-state index contributed by atoms with van der Waals surface area (Å²) in [5.41, 5.74) is 0.921. The summed E-state index contributed by atoms with van der Waals surface area (Å²) in [6, 6.07) is 7.94. The number of hydrogen-bond donors (Lipinski definition) is 0. The molecule has 1 atom stereocenters. The summed E-state index contributed by atoms with van der Waals surface area (Å²) in [4.78, 5) is 16.4. The van der Waals surface area contributed by atoms with Gasteiger partial charge in [0.25, 0.3) is 0 Å². The van der Waals surface area contributed by atoms with Crippen molar-refractivity contribution in [1.29, 1.82) is 0 Å². The highest BCUT2D eigenvalue weighted by Gasteiger charge is 2.23. The van der Waals surface area contributed by atoms with Gasteiger partial charge in [-0.15, -0.1) is 0 Å². The summed E-state index contributed by atoms with van der Waals surface area (Å²) in [6.45, 7) is 4.73. The molecule has 0 aromatic heterocycles. The molecular weight excluding hydrogens is 252 g/mol. The molecular formula is C16H22N2O2. The summed E-state index contributed by atoms with van der Waals surface area (Å²) in [7, 11) is 3.72. The van der Waals surface area contributed by atoms with E-state index in [2.05, 4.69) is 18.9 Å². The van der Waals surface area contributed by atoms with Crippen LogP contribution in [0.5, 0.6) is 5.75 Å². The van der Waals surface area contributed by atoms with Gasteiger partial charge < -0.3 is 14.5 Å². The normalized spacial score (nSPS) is 20.4. The van der Waals surface area contributed by atoms with Crippen LogP contribution >= 0.6 is 0 Å². The molecule has 0 saturated carbocycles. The number of likely N-dealkylation sites (N-methyl/N-ethyl adjacent to an activating group) is 1. The standard InChI is InChI=1S/C16H22N2O2/c1-13-12-17(2)10-11-18(13)16(19)9-8-14-6-4-5-7-15(14)20-3/h4-9,13H,10-12H2,1-3H3. The number of benzene rings is 1. The van der Waals surface area contributed by atoms with Crippen molar-refractivity contribution in [3.05, 3.63) is 35.9 Å². The molecule has 1 unspecified atom stereocenters. The summed E-state index contributed by atoms with van der Waals surface area (Å²) in [6.07, 6.45) is 3.46. The highest BCUT2D eigenvalue weighted by molar-refractivity contribution is 5.92. The number of ether oxygens (including phenoxy) is 1. The predicted octanol–water partition coefficient (Wildman–Crippen LogP) is 1.87. The number of methoxy groups -OCH3 is 1. The van der Waals surface area contributed by atoms with Crippen LogP contribution in [-0.2, 0) is 4.79 Å². The molecule has 1 aliphatic heterocycles. The summed E-state index contributed by atoms with van der Waals surface area (Å²) in [5, 5.41) is 0. The van der Waals surface area contributed by atoms with E-state index in [0.717, 1.165) is 30.9 Å². The van der Waals surface area contributed by atoms with E-state index < -0.39 is 0 Å². The first-order valence-electron chi connectivity index (χ1n) is 6.92. The van der Waals surface area contributed by atoms with Crippen LogP contribution in [0.2, 0.25) is 0 Å². The Balaban J connectivity index is 2.05. The van der Waals surface area contributed by atoms with Crippen LogP contribution < -0.4 is 4.74 Å². The molecule has 4 nitrogen and oxygen atoms in total. The molecule has 0 radical (unpaired) electrons. The molecule has 0 N–H and O–H groups in total. The molecule has 4 heteroatoms. The lowest BCUT2D eigenvalue weighted by Gasteiger charge is -2.37. The number of nitrogens with zero attached hydrogens (tertiary/aromatic N) is 2. The number of hydrogen-bond acceptors (Lipinski definition) is 3. The van der Waals surface area contributed by atoms with E-state index in [1.807, 2.05) is 35.2 Å². The van der Waals surface area contributed by atoms with Crippen molar-refractivity contribution in [1.82, 2.24) is 9.80 Å². The highest BCUT2D eigenvalue weighted by atomic mass is 16.5. The van der Waals surface area contributed by atoms with Gasteiger partial charge in [0.15, 0.2) is 0 Å². The number of piperazine rings is 1. The topological polar surface area (TPSA) is 32.8 Å². The average Bonchev–Trinajstić information content (AvgIpc) is 2.45. The van der Waals surface area contributed by atoms with E-state index in [0.29, 0.717) is 0 Å². The fraction of sp³-hybridized carbons (Fsp3) is 0.438. The van der Waals surface area contributed by atoms with Crippen molar-refractivity contribution in [3.63, 3.8) is 0 Å². The van der Waals surface area contributed by atoms with E-state index in [4.69, 9.17) is 4.74 Å². The van der Waals surface area contributed by atoms with Crippen LogP contribution in [0.15, 0.2) is 30.3 Å². The Labute approximate surface area is 120 Å². The summed E-state index contributed by atoms with van der Waals surface area (Å²) < 4.78 is 5.28. The van der Waals surface area contributed by atoms with Crippen molar-refractivity contribution in [2.24, 2.45) is 0 Å². The van der Waals surface area contributed by atoms with Gasteiger partial charge in [0.05, 0.1) is 7.11 Å². The zero-order valence-electron chi connectivity index (χ0n) is 12.4. The van der Waals surface area contributed by atoms with Gasteiger partial charge in [0.1, 0.15) is 5.75 Å². The Bertz CT molecular complexity index is 499. The zero-order valence-corrected chi connectivity index (χ0v) is 12.4. The molecule has 20 heavy (non-hydrogen) atoms. The molecule has 1 aromatic carbocycles. The zero-order chi connectivity index (χ0) is 14.5. The van der Waals surface area contributed by atoms with Gasteiger partial charge >= 0.3 is 0 Å². The predicted molar refractivity (Wildman–Crippen MR) is 80.7 cm³/mol. The SMILES string of the molecule is COc1ccccc1C=CC(=O)N1CCN(C)CC1C. The lowest BCUT2D eigenvalue weighted by Crippen LogP contribution is -2.52. The fourth-order valence-electron chi connectivity index (χ4n) is 2.53. The minimum atomic E-state index is 0.0662. The maximum absolute atomic E-state index is 12.3. The minimum Gasteiger partial charge on any atom is -0.496 e. The molecule has 0 aliphatic carbocycles. The fourth-order valence-corrected chi connectivity index (χ4v) is 2.53. The monoisotopic (exact) mass is 274 g/mol. The van der Waals surface area contributed by atoms with Crippen LogP contribution in [0.3, 0.4) is 0 Å². The second-order valence-electron chi connectivity index (χ2n) is 5.22. The van der Waals surface area contributed by atoms with Crippen molar-refractivity contribution in [3.8, 4) is 5.75 Å². The largest absolute Gasteiger partial charge is 0.496 e. The van der Waals surface area contributed by atoms with Gasteiger partial charge in [-0.1, -0.05) is 18.2 Å². The molecule has 1 saturated heterocycles. The maximum Gasteiger partial charge on any atom is 0.246 e. The Hall–Kier alpha value is -1.81. The Morgan fingerprint density at radius 1 is 1.35 bits per heavy atom. The van der Waals surface area contributed by atoms with E-state index in [1.54, 1.807) is 13.2 Å². The third-order valence-corrected chi connectivity index (χ3v) is 3.66.